The van der Waals surface area contributed by atoms with Gasteiger partial charge in [0.2, 0.25) is 0 Å². The van der Waals surface area contributed by atoms with E-state index in [4.69, 9.17) is 0 Å². The van der Waals surface area contributed by atoms with Gasteiger partial charge in [0.25, 0.3) is 0 Å². The van der Waals surface area contributed by atoms with Gasteiger partial charge in [-0.05, 0) is 23.6 Å². The monoisotopic (exact) mass is 249 g/mol. The molecule has 1 nitrogen and oxygen atoms in total. The molecule has 0 saturated heterocycles. The summed E-state index contributed by atoms with van der Waals surface area (Å²) in [5, 5.41) is 1.33. The van der Waals surface area contributed by atoms with Crippen molar-refractivity contribution in [3.8, 4) is 0 Å². The molecule has 1 unspecified atom stereocenters. The van der Waals surface area contributed by atoms with Gasteiger partial charge in [0.1, 0.15) is 0 Å². The highest BCUT2D eigenvalue weighted by molar-refractivity contribution is 5.84. The average Bonchev–Trinajstić information content (AvgIpc) is 2.92. The maximum atomic E-state index is 3.40. The van der Waals surface area contributed by atoms with Gasteiger partial charge in [0, 0.05) is 22.5 Å². The Balaban J connectivity index is 2.22. The minimum absolute atomic E-state index is 0.0564. The Labute approximate surface area is 114 Å². The number of fused-ring (bicyclic) bond motifs is 1. The fraction of sp³-hybridized carbons (Fsp3) is 0.222. The number of hydrogen-bond acceptors (Lipinski definition) is 0. The number of aromatic amines is 1. The largest absolute Gasteiger partial charge is 0.361 e. The quantitative estimate of drug-likeness (QED) is 0.680. The van der Waals surface area contributed by atoms with E-state index in [0.717, 1.165) is 6.42 Å². The lowest BCUT2D eigenvalue weighted by Gasteiger charge is -2.29. The lowest BCUT2D eigenvalue weighted by Crippen LogP contribution is -2.22. The lowest BCUT2D eigenvalue weighted by atomic mass is 9.74. The number of benzene rings is 2. The zero-order valence-electron chi connectivity index (χ0n) is 11.5. The van der Waals surface area contributed by atoms with Crippen LogP contribution in [0, 0.1) is 0 Å². The number of hydrogen-bond donors (Lipinski definition) is 1. The minimum Gasteiger partial charge on any atom is -0.361 e. The second kappa shape index (κ2) is 4.58. The van der Waals surface area contributed by atoms with Crippen molar-refractivity contribution >= 4 is 10.9 Å². The van der Waals surface area contributed by atoms with Gasteiger partial charge in [0.15, 0.2) is 0 Å². The molecular formula is C18H19N. The molecule has 0 amide bonds. The van der Waals surface area contributed by atoms with Crippen molar-refractivity contribution in [3.05, 3.63) is 71.9 Å². The van der Waals surface area contributed by atoms with Crippen LogP contribution in [0.4, 0.5) is 0 Å². The highest BCUT2D eigenvalue weighted by atomic mass is 14.7. The molecule has 1 heteroatoms. The third-order valence-corrected chi connectivity index (χ3v) is 4.30. The van der Waals surface area contributed by atoms with Gasteiger partial charge in [-0.15, -0.1) is 0 Å². The van der Waals surface area contributed by atoms with E-state index in [1.54, 1.807) is 0 Å². The van der Waals surface area contributed by atoms with Gasteiger partial charge in [0.05, 0.1) is 0 Å². The molecule has 1 N–H and O–H groups in total. The Morgan fingerprint density at radius 1 is 0.947 bits per heavy atom. The average molecular weight is 249 g/mol. The van der Waals surface area contributed by atoms with Crippen LogP contribution in [-0.2, 0) is 5.41 Å². The molecule has 3 aromatic rings. The molecule has 3 rings (SSSR count). The Kier molecular flexibility index (Phi) is 2.90. The number of H-pyrrole nitrogens is 1. The number of para-hydroxylation sites is 1. The van der Waals surface area contributed by atoms with Gasteiger partial charge in [-0.2, -0.15) is 0 Å². The van der Waals surface area contributed by atoms with E-state index in [1.807, 2.05) is 0 Å². The van der Waals surface area contributed by atoms with Crippen molar-refractivity contribution < 1.29 is 0 Å². The first-order valence-electron chi connectivity index (χ1n) is 6.88. The van der Waals surface area contributed by atoms with Gasteiger partial charge >= 0.3 is 0 Å². The van der Waals surface area contributed by atoms with Crippen LogP contribution in [0.3, 0.4) is 0 Å². The molecule has 96 valence electrons. The van der Waals surface area contributed by atoms with Crippen LogP contribution in [0.5, 0.6) is 0 Å². The summed E-state index contributed by atoms with van der Waals surface area (Å²) >= 11 is 0. The zero-order chi connectivity index (χ0) is 13.3. The second-order valence-corrected chi connectivity index (χ2v) is 5.30. The molecule has 19 heavy (non-hydrogen) atoms. The summed E-state index contributed by atoms with van der Waals surface area (Å²) in [6, 6.07) is 19.3. The van der Waals surface area contributed by atoms with E-state index in [1.165, 1.54) is 22.0 Å². The Bertz CT molecular complexity index is 681. The molecule has 2 aromatic carbocycles. The van der Waals surface area contributed by atoms with Gasteiger partial charge in [-0.25, -0.2) is 0 Å². The van der Waals surface area contributed by atoms with Crippen molar-refractivity contribution in [2.75, 3.05) is 0 Å². The van der Waals surface area contributed by atoms with Crippen molar-refractivity contribution in [2.45, 2.75) is 25.7 Å². The standard InChI is InChI=1S/C18H19N/c1-3-18(2,14-9-5-4-6-10-14)16-13-19-17-12-8-7-11-15(16)17/h4-13,19H,3H2,1-2H3. The Hall–Kier alpha value is -2.02. The van der Waals surface area contributed by atoms with Crippen LogP contribution in [0.2, 0.25) is 0 Å². The van der Waals surface area contributed by atoms with Crippen molar-refractivity contribution in [1.82, 2.24) is 4.98 Å². The van der Waals surface area contributed by atoms with Crippen LogP contribution >= 0.6 is 0 Å². The highest BCUT2D eigenvalue weighted by Gasteiger charge is 2.29. The first-order valence-corrected chi connectivity index (χ1v) is 6.88. The van der Waals surface area contributed by atoms with Crippen LogP contribution in [0.15, 0.2) is 60.8 Å². The van der Waals surface area contributed by atoms with Crippen molar-refractivity contribution in [1.29, 1.82) is 0 Å². The van der Waals surface area contributed by atoms with E-state index in [-0.39, 0.29) is 5.41 Å². The summed E-state index contributed by atoms with van der Waals surface area (Å²) in [7, 11) is 0. The summed E-state index contributed by atoms with van der Waals surface area (Å²) < 4.78 is 0. The number of rotatable bonds is 3. The first kappa shape index (κ1) is 12.0. The third-order valence-electron chi connectivity index (χ3n) is 4.30. The van der Waals surface area contributed by atoms with Crippen LogP contribution < -0.4 is 0 Å². The molecule has 0 aliphatic heterocycles. The molecule has 1 atom stereocenters. The SMILES string of the molecule is CCC(C)(c1ccccc1)c1c[nH]c2ccccc12. The Morgan fingerprint density at radius 3 is 2.37 bits per heavy atom. The lowest BCUT2D eigenvalue weighted by molar-refractivity contribution is 0.554. The molecule has 0 radical (unpaired) electrons. The molecule has 0 fully saturated rings. The predicted molar refractivity (Wildman–Crippen MR) is 81.5 cm³/mol. The first-order chi connectivity index (χ1) is 9.25. The van der Waals surface area contributed by atoms with Crippen LogP contribution in [-0.4, -0.2) is 4.98 Å². The Morgan fingerprint density at radius 2 is 1.63 bits per heavy atom. The van der Waals surface area contributed by atoms with Gasteiger partial charge in [-0.1, -0.05) is 62.4 Å². The fourth-order valence-electron chi connectivity index (χ4n) is 2.88. The molecule has 0 aliphatic rings. The fourth-order valence-corrected chi connectivity index (χ4v) is 2.88. The molecule has 0 bridgehead atoms. The van der Waals surface area contributed by atoms with Crippen LogP contribution in [0.25, 0.3) is 10.9 Å². The topological polar surface area (TPSA) is 15.8 Å². The summed E-state index contributed by atoms with van der Waals surface area (Å²) in [6.07, 6.45) is 3.25. The molecule has 0 saturated carbocycles. The normalized spacial score (nSPS) is 14.4. The van der Waals surface area contributed by atoms with E-state index >= 15 is 0 Å². The summed E-state index contributed by atoms with van der Waals surface area (Å²) in [5.41, 5.74) is 4.04. The van der Waals surface area contributed by atoms with Crippen molar-refractivity contribution in [2.24, 2.45) is 0 Å². The summed E-state index contributed by atoms with van der Waals surface area (Å²) in [4.78, 5) is 3.40. The molecule has 0 aliphatic carbocycles. The van der Waals surface area contributed by atoms with Crippen molar-refractivity contribution in [3.63, 3.8) is 0 Å². The summed E-state index contributed by atoms with van der Waals surface area (Å²) in [6.45, 7) is 4.59. The van der Waals surface area contributed by atoms with Gasteiger partial charge < -0.3 is 4.98 Å². The number of aromatic nitrogens is 1. The summed E-state index contributed by atoms with van der Waals surface area (Å²) in [5.74, 6) is 0. The van der Waals surface area contributed by atoms with Gasteiger partial charge in [-0.3, -0.25) is 0 Å². The third kappa shape index (κ3) is 1.86. The predicted octanol–water partition coefficient (Wildman–Crippen LogP) is 4.88. The second-order valence-electron chi connectivity index (χ2n) is 5.30. The molecule has 1 aromatic heterocycles. The molecule has 0 spiro atoms. The van der Waals surface area contributed by atoms with Crippen LogP contribution in [0.1, 0.15) is 31.4 Å². The van der Waals surface area contributed by atoms with E-state index in [2.05, 4.69) is 79.6 Å². The van der Waals surface area contributed by atoms with E-state index in [0.29, 0.717) is 0 Å². The number of nitrogens with one attached hydrogen (secondary N) is 1. The highest BCUT2D eigenvalue weighted by Crippen LogP contribution is 2.38. The van der Waals surface area contributed by atoms with E-state index < -0.39 is 0 Å². The van der Waals surface area contributed by atoms with E-state index in [9.17, 15) is 0 Å². The molecular weight excluding hydrogens is 230 g/mol. The molecule has 1 heterocycles. The minimum atomic E-state index is 0.0564. The smallest absolute Gasteiger partial charge is 0.0457 e. The maximum absolute atomic E-state index is 3.40. The zero-order valence-corrected chi connectivity index (χ0v) is 11.5. The maximum Gasteiger partial charge on any atom is 0.0457 e.